The standard InChI is InChI=1S/C8H13N3O.C2H6.H2/c1-8(2,3)11-4-6(7(9)12)10-5-11;1-2;/h4-5H,1-3H3,(H2,9,12);1-2H3;1H. The minimum Gasteiger partial charge on any atom is -0.364 e. The van der Waals surface area contributed by atoms with Crippen LogP contribution >= 0.6 is 0 Å². The summed E-state index contributed by atoms with van der Waals surface area (Å²) >= 11 is 0. The fraction of sp³-hybridized carbons (Fsp3) is 0.600. The summed E-state index contributed by atoms with van der Waals surface area (Å²) in [6, 6.07) is 0. The van der Waals surface area contributed by atoms with Crippen LogP contribution in [0.2, 0.25) is 0 Å². The lowest BCUT2D eigenvalue weighted by atomic mass is 10.1. The molecule has 0 radical (unpaired) electrons. The molecule has 1 rings (SSSR count). The lowest BCUT2D eigenvalue weighted by Gasteiger charge is -2.19. The zero-order valence-corrected chi connectivity index (χ0v) is 9.53. The van der Waals surface area contributed by atoms with Crippen molar-refractivity contribution < 1.29 is 6.22 Å². The van der Waals surface area contributed by atoms with E-state index in [9.17, 15) is 4.79 Å². The van der Waals surface area contributed by atoms with E-state index in [2.05, 4.69) is 4.98 Å². The molecule has 0 spiro atoms. The molecule has 0 bridgehead atoms. The minimum absolute atomic E-state index is 0. The predicted octanol–water partition coefficient (Wildman–Crippen LogP) is 2.01. The Bertz CT molecular complexity index is 302. The van der Waals surface area contributed by atoms with Crippen LogP contribution in [-0.2, 0) is 5.54 Å². The summed E-state index contributed by atoms with van der Waals surface area (Å²) in [5, 5.41) is 0. The fourth-order valence-electron chi connectivity index (χ4n) is 0.817. The molecule has 1 aromatic heterocycles. The maximum atomic E-state index is 10.7. The lowest BCUT2D eigenvalue weighted by molar-refractivity contribution is 0.0996. The van der Waals surface area contributed by atoms with Crippen LogP contribution in [0.5, 0.6) is 0 Å². The highest BCUT2D eigenvalue weighted by molar-refractivity contribution is 5.90. The number of hydrogen-bond donors (Lipinski definition) is 1. The Balaban J connectivity index is 0. The molecule has 4 heteroatoms. The summed E-state index contributed by atoms with van der Waals surface area (Å²) < 4.78 is 1.85. The Hall–Kier alpha value is -1.32. The largest absolute Gasteiger partial charge is 0.364 e. The molecule has 1 amide bonds. The first-order valence-electron chi connectivity index (χ1n) is 4.75. The number of carbonyl (C=O) groups is 1. The smallest absolute Gasteiger partial charge is 0.268 e. The van der Waals surface area contributed by atoms with Crippen molar-refractivity contribution in [2.24, 2.45) is 5.73 Å². The maximum Gasteiger partial charge on any atom is 0.268 e. The van der Waals surface area contributed by atoms with Crippen LogP contribution < -0.4 is 5.73 Å². The van der Waals surface area contributed by atoms with Crippen molar-refractivity contribution in [2.45, 2.75) is 40.2 Å². The van der Waals surface area contributed by atoms with Gasteiger partial charge in [0.2, 0.25) is 0 Å². The highest BCUT2D eigenvalue weighted by Gasteiger charge is 2.14. The summed E-state index contributed by atoms with van der Waals surface area (Å²) in [4.78, 5) is 14.6. The number of carbonyl (C=O) groups excluding carboxylic acids is 1. The molecule has 4 nitrogen and oxygen atoms in total. The number of aromatic nitrogens is 2. The van der Waals surface area contributed by atoms with Gasteiger partial charge in [-0.1, -0.05) is 13.8 Å². The number of nitrogens with two attached hydrogens (primary N) is 1. The number of rotatable bonds is 1. The first-order valence-corrected chi connectivity index (χ1v) is 4.75. The van der Waals surface area contributed by atoms with Gasteiger partial charge in [-0.15, -0.1) is 0 Å². The predicted molar refractivity (Wildman–Crippen MR) is 59.2 cm³/mol. The van der Waals surface area contributed by atoms with E-state index in [-0.39, 0.29) is 6.97 Å². The summed E-state index contributed by atoms with van der Waals surface area (Å²) in [6.45, 7) is 10.1. The first-order chi connectivity index (χ1) is 6.41. The van der Waals surface area contributed by atoms with Crippen LogP contribution in [0.25, 0.3) is 0 Å². The van der Waals surface area contributed by atoms with Crippen LogP contribution in [0.15, 0.2) is 12.5 Å². The van der Waals surface area contributed by atoms with Gasteiger partial charge in [-0.3, -0.25) is 4.79 Å². The third kappa shape index (κ3) is 3.20. The number of primary amides is 1. The SMILES string of the molecule is CC.CC(C)(C)n1cnc(C(N)=O)c1.[HH]. The molecule has 82 valence electrons. The van der Waals surface area contributed by atoms with Crippen molar-refractivity contribution in [1.29, 1.82) is 0 Å². The second-order valence-corrected chi connectivity index (χ2v) is 3.70. The van der Waals surface area contributed by atoms with Crippen molar-refractivity contribution in [3.8, 4) is 0 Å². The van der Waals surface area contributed by atoms with E-state index in [0.29, 0.717) is 5.69 Å². The van der Waals surface area contributed by atoms with Crippen LogP contribution in [-0.4, -0.2) is 15.5 Å². The quantitative estimate of drug-likeness (QED) is 0.752. The molecule has 0 aliphatic heterocycles. The average Bonchev–Trinajstić information content (AvgIpc) is 2.54. The van der Waals surface area contributed by atoms with Gasteiger partial charge in [-0.2, -0.15) is 0 Å². The van der Waals surface area contributed by atoms with Gasteiger partial charge in [0, 0.05) is 13.2 Å². The van der Waals surface area contributed by atoms with E-state index < -0.39 is 5.91 Å². The summed E-state index contributed by atoms with van der Waals surface area (Å²) in [5.41, 5.74) is 5.31. The van der Waals surface area contributed by atoms with Gasteiger partial charge < -0.3 is 10.3 Å². The molecule has 0 unspecified atom stereocenters. The van der Waals surface area contributed by atoms with Crippen LogP contribution in [0, 0.1) is 0 Å². The topological polar surface area (TPSA) is 60.9 Å². The van der Waals surface area contributed by atoms with Crippen molar-refractivity contribution in [3.05, 3.63) is 18.2 Å². The van der Waals surface area contributed by atoms with E-state index in [4.69, 9.17) is 5.73 Å². The van der Waals surface area contributed by atoms with Gasteiger partial charge in [0.15, 0.2) is 0 Å². The Morgan fingerprint density at radius 2 is 2.00 bits per heavy atom. The van der Waals surface area contributed by atoms with Crippen molar-refractivity contribution in [1.82, 2.24) is 9.55 Å². The first kappa shape index (κ1) is 12.7. The van der Waals surface area contributed by atoms with Gasteiger partial charge in [0.05, 0.1) is 6.33 Å². The van der Waals surface area contributed by atoms with E-state index in [1.54, 1.807) is 12.5 Å². The Morgan fingerprint density at radius 3 is 2.21 bits per heavy atom. The second-order valence-electron chi connectivity index (χ2n) is 3.70. The number of nitrogens with zero attached hydrogens (tertiary/aromatic N) is 2. The highest BCUT2D eigenvalue weighted by atomic mass is 16.1. The highest BCUT2D eigenvalue weighted by Crippen LogP contribution is 2.13. The molecule has 0 aliphatic carbocycles. The van der Waals surface area contributed by atoms with E-state index in [1.807, 2.05) is 39.2 Å². The lowest BCUT2D eigenvalue weighted by Crippen LogP contribution is -2.20. The molecule has 2 N–H and O–H groups in total. The maximum absolute atomic E-state index is 10.7. The normalized spacial score (nSPS) is 10.4. The molecule has 0 saturated heterocycles. The molecule has 0 atom stereocenters. The third-order valence-electron chi connectivity index (χ3n) is 1.61. The molecular weight excluding hydrogens is 178 g/mol. The van der Waals surface area contributed by atoms with Gasteiger partial charge in [-0.05, 0) is 20.8 Å². The molecule has 14 heavy (non-hydrogen) atoms. The van der Waals surface area contributed by atoms with Gasteiger partial charge in [0.25, 0.3) is 5.91 Å². The van der Waals surface area contributed by atoms with Gasteiger partial charge in [-0.25, -0.2) is 4.98 Å². The number of amides is 1. The molecule has 0 aromatic carbocycles. The molecular formula is C10H21N3O. The second kappa shape index (κ2) is 4.79. The fourth-order valence-corrected chi connectivity index (χ4v) is 0.817. The number of hydrogen-bond acceptors (Lipinski definition) is 2. The van der Waals surface area contributed by atoms with Crippen molar-refractivity contribution in [3.63, 3.8) is 0 Å². The minimum atomic E-state index is -0.488. The summed E-state index contributed by atoms with van der Waals surface area (Å²) in [7, 11) is 0. The van der Waals surface area contributed by atoms with Crippen molar-refractivity contribution in [2.75, 3.05) is 0 Å². The Morgan fingerprint density at radius 1 is 1.50 bits per heavy atom. The van der Waals surface area contributed by atoms with Gasteiger partial charge in [0.1, 0.15) is 5.69 Å². The average molecular weight is 199 g/mol. The third-order valence-corrected chi connectivity index (χ3v) is 1.61. The molecule has 0 saturated carbocycles. The molecule has 1 heterocycles. The number of imidazole rings is 1. The zero-order chi connectivity index (χ0) is 11.4. The monoisotopic (exact) mass is 199 g/mol. The molecule has 1 aromatic rings. The summed E-state index contributed by atoms with van der Waals surface area (Å²) in [6.07, 6.45) is 3.27. The van der Waals surface area contributed by atoms with Crippen LogP contribution in [0.4, 0.5) is 0 Å². The Labute approximate surface area is 86.6 Å². The van der Waals surface area contributed by atoms with Crippen LogP contribution in [0.3, 0.4) is 0 Å². The molecule has 0 aliphatic rings. The van der Waals surface area contributed by atoms with E-state index >= 15 is 0 Å². The Kier molecular flexibility index (Phi) is 4.34. The van der Waals surface area contributed by atoms with Gasteiger partial charge >= 0.3 is 0 Å². The molecule has 0 fully saturated rings. The van der Waals surface area contributed by atoms with E-state index in [0.717, 1.165) is 0 Å². The van der Waals surface area contributed by atoms with E-state index in [1.165, 1.54) is 0 Å². The zero-order valence-electron chi connectivity index (χ0n) is 9.53. The van der Waals surface area contributed by atoms with Crippen molar-refractivity contribution >= 4 is 5.91 Å². The summed E-state index contributed by atoms with van der Waals surface area (Å²) in [5.74, 6) is -0.488. The van der Waals surface area contributed by atoms with Crippen LogP contribution in [0.1, 0.15) is 46.5 Å².